The van der Waals surface area contributed by atoms with Gasteiger partial charge in [0.25, 0.3) is 10.0 Å². The third kappa shape index (κ3) is 4.78. The molecule has 3 aromatic carbocycles. The molecule has 0 aliphatic carbocycles. The first-order valence-corrected chi connectivity index (χ1v) is 12.3. The zero-order valence-corrected chi connectivity index (χ0v) is 20.1. The van der Waals surface area contributed by atoms with E-state index in [0.29, 0.717) is 23.0 Å². The molecule has 1 aliphatic heterocycles. The lowest BCUT2D eigenvalue weighted by molar-refractivity contribution is -0.119. The molecular formula is C25H25N3O6S. The second-order valence-corrected chi connectivity index (χ2v) is 9.49. The van der Waals surface area contributed by atoms with E-state index in [-0.39, 0.29) is 28.6 Å². The van der Waals surface area contributed by atoms with Crippen molar-refractivity contribution < 1.29 is 27.5 Å². The summed E-state index contributed by atoms with van der Waals surface area (Å²) in [6.07, 6.45) is 0.628. The minimum Gasteiger partial charge on any atom is -0.493 e. The van der Waals surface area contributed by atoms with Gasteiger partial charge in [0.2, 0.25) is 5.91 Å². The number of carbonyl (C=O) groups is 2. The van der Waals surface area contributed by atoms with Gasteiger partial charge in [-0.15, -0.1) is 0 Å². The topological polar surface area (TPSA) is 105 Å². The van der Waals surface area contributed by atoms with Gasteiger partial charge in [0.05, 0.1) is 25.6 Å². The summed E-state index contributed by atoms with van der Waals surface area (Å²) in [4.78, 5) is 27.3. The molecule has 0 saturated carbocycles. The van der Waals surface area contributed by atoms with E-state index in [2.05, 4.69) is 5.32 Å². The highest BCUT2D eigenvalue weighted by atomic mass is 32.2. The third-order valence-electron chi connectivity index (χ3n) is 5.56. The molecule has 0 spiro atoms. The van der Waals surface area contributed by atoms with Crippen LogP contribution in [0.25, 0.3) is 0 Å². The standard InChI is InChI=1S/C25H25N3O6S/c1-33-21-13-12-19(16-22(21)34-2)28-25(30)27(20-10-6-7-11-23(20)35(28,31)32)17-24(29)26-15-14-18-8-4-3-5-9-18/h3-13,16H,14-15,17H2,1-2H3,(H,26,29). The maximum Gasteiger partial charge on any atom is 0.343 e. The van der Waals surface area contributed by atoms with E-state index in [1.165, 1.54) is 44.6 Å². The highest BCUT2D eigenvalue weighted by Gasteiger charge is 2.43. The Morgan fingerprint density at radius 2 is 1.60 bits per heavy atom. The maximum absolute atomic E-state index is 13.5. The van der Waals surface area contributed by atoms with Crippen LogP contribution in [-0.2, 0) is 21.2 Å². The van der Waals surface area contributed by atoms with Gasteiger partial charge in [-0.25, -0.2) is 13.2 Å². The van der Waals surface area contributed by atoms with Gasteiger partial charge in [0.1, 0.15) is 11.4 Å². The van der Waals surface area contributed by atoms with Gasteiger partial charge in [0.15, 0.2) is 11.5 Å². The summed E-state index contributed by atoms with van der Waals surface area (Å²) in [5, 5.41) is 2.80. The highest BCUT2D eigenvalue weighted by molar-refractivity contribution is 7.94. The van der Waals surface area contributed by atoms with Gasteiger partial charge in [-0.2, -0.15) is 4.31 Å². The second kappa shape index (κ2) is 10.1. The molecule has 1 heterocycles. The Hall–Kier alpha value is -4.05. The fourth-order valence-electron chi connectivity index (χ4n) is 3.86. The molecule has 0 aromatic heterocycles. The summed E-state index contributed by atoms with van der Waals surface area (Å²) < 4.78 is 38.0. The smallest absolute Gasteiger partial charge is 0.343 e. The van der Waals surface area contributed by atoms with E-state index in [1.807, 2.05) is 30.3 Å². The van der Waals surface area contributed by atoms with Crippen molar-refractivity contribution in [3.05, 3.63) is 78.4 Å². The van der Waals surface area contributed by atoms with Crippen LogP contribution >= 0.6 is 0 Å². The Morgan fingerprint density at radius 3 is 2.31 bits per heavy atom. The molecule has 1 aliphatic rings. The number of hydrogen-bond acceptors (Lipinski definition) is 6. The number of methoxy groups -OCH3 is 2. The Morgan fingerprint density at radius 1 is 0.914 bits per heavy atom. The van der Waals surface area contributed by atoms with Crippen LogP contribution in [0, 0.1) is 0 Å². The van der Waals surface area contributed by atoms with Crippen molar-refractivity contribution in [3.8, 4) is 11.5 Å². The number of sulfonamides is 1. The van der Waals surface area contributed by atoms with Gasteiger partial charge in [-0.05, 0) is 36.2 Å². The first kappa shape index (κ1) is 24.1. The second-order valence-electron chi connectivity index (χ2n) is 7.73. The molecule has 0 bridgehead atoms. The molecule has 3 amide bonds. The summed E-state index contributed by atoms with van der Waals surface area (Å²) in [5.41, 5.74) is 1.28. The normalized spacial score (nSPS) is 14.3. The number of benzene rings is 3. The molecule has 35 heavy (non-hydrogen) atoms. The molecule has 0 fully saturated rings. The first-order valence-electron chi connectivity index (χ1n) is 10.9. The van der Waals surface area contributed by atoms with Crippen LogP contribution in [0.1, 0.15) is 5.56 Å². The van der Waals surface area contributed by atoms with Crippen LogP contribution in [0.3, 0.4) is 0 Å². The van der Waals surface area contributed by atoms with Crippen LogP contribution in [0.2, 0.25) is 0 Å². The van der Waals surface area contributed by atoms with Crippen LogP contribution in [-0.4, -0.2) is 47.7 Å². The minimum atomic E-state index is -4.24. The molecule has 1 N–H and O–H groups in total. The quantitative estimate of drug-likeness (QED) is 0.515. The lowest BCUT2D eigenvalue weighted by atomic mass is 10.1. The lowest BCUT2D eigenvalue weighted by Crippen LogP contribution is -2.53. The molecule has 0 unspecified atom stereocenters. The van der Waals surface area contributed by atoms with Crippen molar-refractivity contribution >= 4 is 33.3 Å². The average molecular weight is 496 g/mol. The summed E-state index contributed by atoms with van der Waals surface area (Å²) in [6.45, 7) is 0.0359. The number of carbonyl (C=O) groups excluding carboxylic acids is 2. The number of nitrogens with zero attached hydrogens (tertiary/aromatic N) is 2. The summed E-state index contributed by atoms with van der Waals surface area (Å²) in [6, 6.07) is 19.3. The minimum absolute atomic E-state index is 0.0663. The van der Waals surface area contributed by atoms with E-state index < -0.39 is 22.0 Å². The van der Waals surface area contributed by atoms with Crippen molar-refractivity contribution in [1.82, 2.24) is 5.32 Å². The van der Waals surface area contributed by atoms with Crippen LogP contribution < -0.4 is 24.0 Å². The molecule has 182 valence electrons. The molecule has 10 heteroatoms. The number of para-hydroxylation sites is 1. The predicted octanol–water partition coefficient (Wildman–Crippen LogP) is 3.20. The van der Waals surface area contributed by atoms with Crippen molar-refractivity contribution in [1.29, 1.82) is 0 Å². The zero-order valence-electron chi connectivity index (χ0n) is 19.3. The van der Waals surface area contributed by atoms with E-state index >= 15 is 0 Å². The van der Waals surface area contributed by atoms with Gasteiger partial charge in [-0.3, -0.25) is 9.69 Å². The Balaban J connectivity index is 1.62. The molecule has 0 saturated heterocycles. The van der Waals surface area contributed by atoms with Gasteiger partial charge in [0, 0.05) is 12.6 Å². The predicted molar refractivity (Wildman–Crippen MR) is 132 cm³/mol. The van der Waals surface area contributed by atoms with Crippen molar-refractivity contribution in [2.24, 2.45) is 0 Å². The molecule has 0 atom stereocenters. The van der Waals surface area contributed by atoms with Gasteiger partial charge >= 0.3 is 6.03 Å². The number of hydrogen-bond donors (Lipinski definition) is 1. The van der Waals surface area contributed by atoms with E-state index in [1.54, 1.807) is 12.1 Å². The largest absolute Gasteiger partial charge is 0.493 e. The number of nitrogens with one attached hydrogen (secondary N) is 1. The molecule has 3 aromatic rings. The fourth-order valence-corrected chi connectivity index (χ4v) is 5.44. The number of anilines is 2. The lowest BCUT2D eigenvalue weighted by Gasteiger charge is -2.36. The number of urea groups is 1. The number of rotatable bonds is 8. The van der Waals surface area contributed by atoms with Crippen LogP contribution in [0.15, 0.2) is 77.7 Å². The maximum atomic E-state index is 13.5. The fraction of sp³-hybridized carbons (Fsp3) is 0.200. The zero-order chi connectivity index (χ0) is 25.0. The molecule has 4 rings (SSSR count). The highest BCUT2D eigenvalue weighted by Crippen LogP contribution is 2.39. The first-order chi connectivity index (χ1) is 16.9. The van der Waals surface area contributed by atoms with Crippen molar-refractivity contribution in [2.75, 3.05) is 36.5 Å². The molecule has 9 nitrogen and oxygen atoms in total. The summed E-state index contributed by atoms with van der Waals surface area (Å²) in [5.74, 6) is 0.237. The molecular weight excluding hydrogens is 470 g/mol. The third-order valence-corrected chi connectivity index (χ3v) is 7.31. The number of fused-ring (bicyclic) bond motifs is 1. The summed E-state index contributed by atoms with van der Waals surface area (Å²) >= 11 is 0. The number of amides is 3. The number of ether oxygens (including phenoxy) is 2. The van der Waals surface area contributed by atoms with Crippen LogP contribution in [0.4, 0.5) is 16.2 Å². The Bertz CT molecular complexity index is 1340. The van der Waals surface area contributed by atoms with E-state index in [4.69, 9.17) is 9.47 Å². The molecule has 0 radical (unpaired) electrons. The SMILES string of the molecule is COc1ccc(N2C(=O)N(CC(=O)NCCc3ccccc3)c3ccccc3S2(=O)=O)cc1OC. The Kier molecular flexibility index (Phi) is 6.92. The average Bonchev–Trinajstić information content (AvgIpc) is 2.87. The summed E-state index contributed by atoms with van der Waals surface area (Å²) in [7, 11) is -1.37. The van der Waals surface area contributed by atoms with Crippen molar-refractivity contribution in [2.45, 2.75) is 11.3 Å². The van der Waals surface area contributed by atoms with Gasteiger partial charge in [-0.1, -0.05) is 42.5 Å². The van der Waals surface area contributed by atoms with E-state index in [9.17, 15) is 18.0 Å². The monoisotopic (exact) mass is 495 g/mol. The Labute approximate surface area is 203 Å². The van der Waals surface area contributed by atoms with Crippen molar-refractivity contribution in [3.63, 3.8) is 0 Å². The van der Waals surface area contributed by atoms with Crippen LogP contribution in [0.5, 0.6) is 11.5 Å². The van der Waals surface area contributed by atoms with E-state index in [0.717, 1.165) is 10.5 Å². The van der Waals surface area contributed by atoms with Gasteiger partial charge < -0.3 is 14.8 Å².